The molecule has 0 spiro atoms. The van der Waals surface area contributed by atoms with E-state index in [-0.39, 0.29) is 97.0 Å². The van der Waals surface area contributed by atoms with Gasteiger partial charge in [0, 0.05) is 13.2 Å². The van der Waals surface area contributed by atoms with Crippen molar-refractivity contribution < 1.29 is 114 Å². The summed E-state index contributed by atoms with van der Waals surface area (Å²) in [4.78, 5) is 59.5. The molecule has 4 aliphatic rings. The van der Waals surface area contributed by atoms with Crippen LogP contribution in [0, 0.1) is 0 Å². The van der Waals surface area contributed by atoms with Gasteiger partial charge < -0.3 is 106 Å². The van der Waals surface area contributed by atoms with Gasteiger partial charge in [-0.15, -0.1) is 0 Å². The fourth-order valence-electron chi connectivity index (χ4n) is 16.6. The van der Waals surface area contributed by atoms with Gasteiger partial charge in [-0.2, -0.15) is 0 Å². The van der Waals surface area contributed by atoms with Gasteiger partial charge >= 0.3 is 18.0 Å². The van der Waals surface area contributed by atoms with Gasteiger partial charge in [0.2, 0.25) is 0 Å². The molecule has 138 heavy (non-hydrogen) atoms. The molecule has 3 N–H and O–H groups in total. The normalized spacial score (nSPS) is 24.8. The number of ether oxygens (including phenoxy) is 19. The van der Waals surface area contributed by atoms with Gasteiger partial charge in [0.05, 0.1) is 89.9 Å². The average molecular weight is 1940 g/mol. The highest BCUT2D eigenvalue weighted by Gasteiger charge is 2.60. The molecule has 29 heteroatoms. The van der Waals surface area contributed by atoms with E-state index in [9.17, 15) is 9.90 Å². The van der Waals surface area contributed by atoms with Crippen LogP contribution in [0.2, 0.25) is 0 Å². The number of hydrogen-bond donors (Lipinski definition) is 3. The topological polar surface area (TPSA) is 288 Å². The molecular formula is C109H115Cl3N2O24. The Kier molecular flexibility index (Phi) is 39.1. The van der Waals surface area contributed by atoms with Gasteiger partial charge in [-0.1, -0.05) is 344 Å². The molecule has 726 valence electrons. The lowest BCUT2D eigenvalue weighted by atomic mass is 9.93. The van der Waals surface area contributed by atoms with E-state index in [0.717, 1.165) is 44.5 Å². The second-order valence-electron chi connectivity index (χ2n) is 33.8. The summed E-state index contributed by atoms with van der Waals surface area (Å²) in [7, 11) is 0. The van der Waals surface area contributed by atoms with Gasteiger partial charge in [-0.3, -0.25) is 4.79 Å². The first-order valence-electron chi connectivity index (χ1n) is 46.4. The number of amides is 2. The molecule has 0 saturated carbocycles. The molecule has 0 aliphatic carbocycles. The Bertz CT molecular complexity index is 5390. The van der Waals surface area contributed by atoms with Crippen molar-refractivity contribution >= 4 is 58.7 Å². The van der Waals surface area contributed by atoms with Crippen molar-refractivity contribution in [2.24, 2.45) is 0 Å². The zero-order valence-electron chi connectivity index (χ0n) is 76.3. The number of hydrogen-bond acceptors (Lipinski definition) is 24. The summed E-state index contributed by atoms with van der Waals surface area (Å²) in [5, 5.41) is 19.4. The summed E-state index contributed by atoms with van der Waals surface area (Å²) in [6, 6.07) is 99.4. The molecule has 8 unspecified atom stereocenters. The zero-order chi connectivity index (χ0) is 95.5. The van der Waals surface area contributed by atoms with Crippen LogP contribution in [0.15, 0.2) is 334 Å². The van der Waals surface area contributed by atoms with Crippen LogP contribution >= 0.6 is 34.8 Å². The molecule has 4 aliphatic heterocycles. The summed E-state index contributed by atoms with van der Waals surface area (Å²) in [5.41, 5.74) is 7.21. The average Bonchev–Trinajstić information content (AvgIpc) is 0.747. The summed E-state index contributed by atoms with van der Waals surface area (Å²) < 4.78 is 132. The number of nitrogens with one attached hydrogen (secondary N) is 2. The highest BCUT2D eigenvalue weighted by atomic mass is 35.6. The molecule has 0 aromatic heterocycles. The fraction of sp³-hybridized carbons (Fsp3) is 0.358. The van der Waals surface area contributed by atoms with Crippen LogP contribution in [0.3, 0.4) is 0 Å². The summed E-state index contributed by atoms with van der Waals surface area (Å²) in [5.74, 6) is -3.01. The van der Waals surface area contributed by atoms with Crippen molar-refractivity contribution in [3.8, 4) is 0 Å². The van der Waals surface area contributed by atoms with Crippen LogP contribution in [-0.4, -0.2) is 189 Å². The molecule has 4 saturated heterocycles. The van der Waals surface area contributed by atoms with Crippen molar-refractivity contribution in [3.05, 3.63) is 395 Å². The Balaban J connectivity index is 0.893. The minimum Gasteiger partial charge on any atom is -0.450 e. The van der Waals surface area contributed by atoms with Crippen molar-refractivity contribution in [2.75, 3.05) is 33.0 Å². The van der Waals surface area contributed by atoms with Crippen LogP contribution in [0.5, 0.6) is 0 Å². The maximum atomic E-state index is 15.8. The molecule has 4 fully saturated rings. The van der Waals surface area contributed by atoms with E-state index < -0.39 is 157 Å². The quantitative estimate of drug-likeness (QED) is 0.0138. The van der Waals surface area contributed by atoms with E-state index in [2.05, 4.69) is 10.6 Å². The minimum atomic E-state index is -2.82. The summed E-state index contributed by atoms with van der Waals surface area (Å²) in [6.45, 7) is 1.12. The Hall–Kier alpha value is -10.7. The molecule has 4 heterocycles. The number of carbonyl (C=O) groups is 4. The lowest BCUT2D eigenvalue weighted by Gasteiger charge is -2.53. The maximum absolute atomic E-state index is 15.8. The van der Waals surface area contributed by atoms with Crippen molar-refractivity contribution in [2.45, 2.75) is 212 Å². The van der Waals surface area contributed by atoms with E-state index in [4.69, 9.17) is 125 Å². The molecule has 11 aromatic rings. The molecule has 11 aromatic carbocycles. The van der Waals surface area contributed by atoms with Gasteiger partial charge in [0.25, 0.3) is 9.70 Å². The smallest absolute Gasteiger partial charge is 0.407 e. The number of aliphatic hydroxyl groups is 1. The largest absolute Gasteiger partial charge is 0.450 e. The predicted molar refractivity (Wildman–Crippen MR) is 512 cm³/mol. The SMILES string of the molecule is C[C@@H]1OC(O[C@@H]2C(NC(=O)C(Cl)(Cl)Cl)[C@H](O[C@@H]3C(OC(=O)c4ccccc4)[C@H](OCCCCCNC(=O)OCc4ccccc4)OC(COCc4ccccc4)[C@@H]3OCc3ccccc3)OC(COCc3ccccc3)[C@H]2O[C@@H]2OC(COCc3ccccc3)[C@H](OCc3ccccc3)[C@H](O)C2OC(=O)c2ccccc2)[C@@H](OCc2ccccc2)C(OCc2ccccc2)[C@@H]1OCc1ccccc1. The van der Waals surface area contributed by atoms with Crippen molar-refractivity contribution in [1.29, 1.82) is 0 Å². The van der Waals surface area contributed by atoms with E-state index in [1.807, 2.05) is 280 Å². The van der Waals surface area contributed by atoms with E-state index in [1.165, 1.54) is 0 Å². The number of rotatable bonds is 47. The highest BCUT2D eigenvalue weighted by molar-refractivity contribution is 6.76. The van der Waals surface area contributed by atoms with Gasteiger partial charge in [0.15, 0.2) is 37.4 Å². The van der Waals surface area contributed by atoms with Gasteiger partial charge in [-0.25, -0.2) is 14.4 Å². The molecule has 26 nitrogen and oxygen atoms in total. The first-order valence-corrected chi connectivity index (χ1v) is 47.6. The van der Waals surface area contributed by atoms with Gasteiger partial charge in [-0.05, 0) is 101 Å². The second kappa shape index (κ2) is 53.1. The number of aliphatic hydroxyl groups excluding tert-OH is 1. The maximum Gasteiger partial charge on any atom is 0.407 e. The minimum absolute atomic E-state index is 0.0166. The fourth-order valence-corrected chi connectivity index (χ4v) is 16.8. The molecule has 0 radical (unpaired) electrons. The zero-order valence-corrected chi connectivity index (χ0v) is 78.6. The predicted octanol–water partition coefficient (Wildman–Crippen LogP) is 17.4. The number of carbonyl (C=O) groups excluding carboxylic acids is 4. The molecule has 15 rings (SSSR count). The number of alkyl halides is 3. The lowest BCUT2D eigenvalue weighted by Crippen LogP contribution is -2.72. The molecular weight excluding hydrogens is 1830 g/mol. The van der Waals surface area contributed by atoms with Crippen LogP contribution in [-0.2, 0) is 154 Å². The Morgan fingerprint density at radius 1 is 0.319 bits per heavy atom. The summed E-state index contributed by atoms with van der Waals surface area (Å²) in [6.07, 6.45) is -28.1. The Labute approximate surface area is 818 Å². The number of unbranched alkanes of at least 4 members (excludes halogenated alkanes) is 2. The highest BCUT2D eigenvalue weighted by Crippen LogP contribution is 2.42. The third-order valence-electron chi connectivity index (χ3n) is 23.7. The van der Waals surface area contributed by atoms with Crippen LogP contribution < -0.4 is 10.6 Å². The van der Waals surface area contributed by atoms with E-state index >= 15 is 14.4 Å². The molecule has 2 amide bonds. The van der Waals surface area contributed by atoms with Crippen LogP contribution in [0.25, 0.3) is 0 Å². The third kappa shape index (κ3) is 30.2. The Morgan fingerprint density at radius 2 is 0.652 bits per heavy atom. The Morgan fingerprint density at radius 3 is 1.09 bits per heavy atom. The van der Waals surface area contributed by atoms with E-state index in [0.29, 0.717) is 24.8 Å². The number of halogens is 3. The van der Waals surface area contributed by atoms with Crippen molar-refractivity contribution in [3.63, 3.8) is 0 Å². The standard InChI is InChI=1S/C109H115Cl3N2O24/c1-74-91(124-65-78-44-20-5-21-45-78)97(127-68-81-50-26-8-27-51-81)99(128-69-82-52-28-9-29-53-82)106(130-74)137-95-89(114-107(118)109(110,111)112)103(131-88(73-122-64-77-42-18-4-19-43-77)94(95)136-105-96(134-101(116)84-56-32-11-33-57-84)90(115)92(125-66-79-46-22-6-23-47-79)86(133-105)71-120-62-75-38-14-2-15-39-75)138-98-93(126-67-80-48-24-7-25-49-80)87(72-121-63-76-40-16-3-17-41-76)132-104(100(98)135-102(117)85-58-34-12-35-59-85)123-61-37-13-36-60-113-108(119)129-70-83-54-30-10-31-55-83/h2-12,14-35,38-59,74,86-100,103-106,115H,13,36-37,60-73H2,1H3,(H,113,119)(H,114,118)/t74-,86?,87?,88?,89?,90-,91+,92-,93-,94+,95+,96?,97?,98-,99-,100?,103-,104+,105-,106?/m0/s1. The molecule has 20 atom stereocenters. The van der Waals surface area contributed by atoms with E-state index in [1.54, 1.807) is 60.7 Å². The van der Waals surface area contributed by atoms with Gasteiger partial charge in [0.1, 0.15) is 85.9 Å². The number of benzene rings is 11. The first-order chi connectivity index (χ1) is 67.6. The first kappa shape index (κ1) is 102. The summed E-state index contributed by atoms with van der Waals surface area (Å²) >= 11 is 20.7. The third-order valence-corrected chi connectivity index (χ3v) is 24.2. The monoisotopic (exact) mass is 1940 g/mol. The lowest BCUT2D eigenvalue weighted by molar-refractivity contribution is -0.391. The van der Waals surface area contributed by atoms with Crippen LogP contribution in [0.4, 0.5) is 4.79 Å². The molecule has 0 bridgehead atoms. The second-order valence-corrected chi connectivity index (χ2v) is 36.1. The number of alkyl carbamates (subject to hydrolysis) is 1. The van der Waals surface area contributed by atoms with Crippen molar-refractivity contribution in [1.82, 2.24) is 10.6 Å². The number of esters is 2. The van der Waals surface area contributed by atoms with Crippen LogP contribution in [0.1, 0.15) is 97.0 Å².